The van der Waals surface area contributed by atoms with Gasteiger partial charge in [0.05, 0.1) is 6.54 Å². The topological polar surface area (TPSA) is 42.6 Å². The van der Waals surface area contributed by atoms with E-state index in [-0.39, 0.29) is 5.91 Å². The maximum atomic E-state index is 13.1. The number of fused-ring (bicyclic) bond motifs is 3. The smallest absolute Gasteiger partial charge is 0.237 e. The molecular formula is C27H32N4O. The molecule has 2 aliphatic heterocycles. The van der Waals surface area contributed by atoms with Gasteiger partial charge in [0.15, 0.2) is 0 Å². The van der Waals surface area contributed by atoms with Gasteiger partial charge in [0.25, 0.3) is 0 Å². The molecule has 3 aromatic rings. The quantitative estimate of drug-likeness (QED) is 0.674. The maximum Gasteiger partial charge on any atom is 0.237 e. The number of hydrogen-bond acceptors (Lipinski definition) is 3. The van der Waals surface area contributed by atoms with Crippen molar-refractivity contribution in [3.8, 4) is 0 Å². The van der Waals surface area contributed by atoms with E-state index in [1.165, 1.54) is 33.3 Å². The van der Waals surface area contributed by atoms with Gasteiger partial charge in [-0.3, -0.25) is 14.6 Å². The van der Waals surface area contributed by atoms with Gasteiger partial charge in [-0.2, -0.15) is 0 Å². The summed E-state index contributed by atoms with van der Waals surface area (Å²) in [6.45, 7) is 9.09. The van der Waals surface area contributed by atoms with Crippen LogP contribution in [0.25, 0.3) is 17.0 Å². The summed E-state index contributed by atoms with van der Waals surface area (Å²) in [5.74, 6) is 0.259. The molecule has 1 aromatic heterocycles. The summed E-state index contributed by atoms with van der Waals surface area (Å²) in [5, 5.41) is 1.27. The molecule has 5 nitrogen and oxygen atoms in total. The zero-order chi connectivity index (χ0) is 21.9. The Hall–Kier alpha value is -2.89. The van der Waals surface area contributed by atoms with Crippen LogP contribution < -0.4 is 0 Å². The first kappa shape index (κ1) is 21.0. The molecule has 1 amide bonds. The fraction of sp³-hybridized carbons (Fsp3) is 0.370. The Balaban J connectivity index is 1.12. The fourth-order valence-corrected chi connectivity index (χ4v) is 4.86. The maximum absolute atomic E-state index is 13.1. The normalized spacial score (nSPS) is 17.8. The number of aromatic amines is 1. The summed E-state index contributed by atoms with van der Waals surface area (Å²) >= 11 is 0. The van der Waals surface area contributed by atoms with Gasteiger partial charge in [0.2, 0.25) is 5.91 Å². The summed E-state index contributed by atoms with van der Waals surface area (Å²) in [6.07, 6.45) is 5.34. The molecule has 32 heavy (non-hydrogen) atoms. The Morgan fingerprint density at radius 3 is 2.59 bits per heavy atom. The second-order valence-electron chi connectivity index (χ2n) is 9.09. The summed E-state index contributed by atoms with van der Waals surface area (Å²) in [6, 6.07) is 17.0. The van der Waals surface area contributed by atoms with Crippen molar-refractivity contribution in [3.63, 3.8) is 0 Å². The van der Waals surface area contributed by atoms with Crippen molar-refractivity contribution in [2.75, 3.05) is 45.8 Å². The van der Waals surface area contributed by atoms with E-state index in [1.807, 2.05) is 11.0 Å². The predicted molar refractivity (Wildman–Crippen MR) is 131 cm³/mol. The van der Waals surface area contributed by atoms with E-state index in [0.717, 1.165) is 52.2 Å². The van der Waals surface area contributed by atoms with Crippen molar-refractivity contribution in [1.29, 1.82) is 0 Å². The van der Waals surface area contributed by atoms with E-state index in [2.05, 4.69) is 76.3 Å². The molecule has 0 spiro atoms. The van der Waals surface area contributed by atoms with Crippen molar-refractivity contribution >= 4 is 22.9 Å². The van der Waals surface area contributed by atoms with Gasteiger partial charge in [-0.15, -0.1) is 0 Å². The summed E-state index contributed by atoms with van der Waals surface area (Å²) in [7, 11) is 0. The van der Waals surface area contributed by atoms with E-state index >= 15 is 0 Å². The molecule has 0 radical (unpaired) electrons. The van der Waals surface area contributed by atoms with Crippen LogP contribution in [-0.4, -0.2) is 71.4 Å². The minimum atomic E-state index is 0.259. The molecule has 2 aromatic carbocycles. The minimum Gasteiger partial charge on any atom is -0.358 e. The molecule has 0 atom stereocenters. The molecule has 3 heterocycles. The van der Waals surface area contributed by atoms with Crippen molar-refractivity contribution in [2.45, 2.75) is 19.9 Å². The van der Waals surface area contributed by atoms with Gasteiger partial charge in [-0.05, 0) is 24.6 Å². The van der Waals surface area contributed by atoms with Crippen molar-refractivity contribution in [3.05, 3.63) is 77.0 Å². The van der Waals surface area contributed by atoms with E-state index in [9.17, 15) is 4.79 Å². The van der Waals surface area contributed by atoms with Crippen LogP contribution in [0.3, 0.4) is 0 Å². The summed E-state index contributed by atoms with van der Waals surface area (Å²) in [4.78, 5) is 23.4. The van der Waals surface area contributed by atoms with Gasteiger partial charge in [0.1, 0.15) is 0 Å². The number of nitrogens with zero attached hydrogens (tertiary/aromatic N) is 3. The number of carbonyl (C=O) groups is 1. The van der Waals surface area contributed by atoms with Gasteiger partial charge in [-0.1, -0.05) is 54.1 Å². The molecule has 1 fully saturated rings. The molecular weight excluding hydrogens is 396 g/mol. The van der Waals surface area contributed by atoms with Crippen LogP contribution in [0.1, 0.15) is 22.4 Å². The number of H-pyrrole nitrogens is 1. The predicted octanol–water partition coefficient (Wildman–Crippen LogP) is 3.69. The highest BCUT2D eigenvalue weighted by molar-refractivity contribution is 5.87. The lowest BCUT2D eigenvalue weighted by Gasteiger charge is -2.35. The third-order valence-electron chi connectivity index (χ3n) is 6.78. The molecule has 0 saturated carbocycles. The monoisotopic (exact) mass is 428 g/mol. The van der Waals surface area contributed by atoms with Gasteiger partial charge in [0, 0.05) is 74.4 Å². The number of piperazine rings is 1. The molecule has 166 valence electrons. The highest BCUT2D eigenvalue weighted by atomic mass is 16.2. The number of aromatic nitrogens is 1. The second kappa shape index (κ2) is 9.31. The van der Waals surface area contributed by atoms with Crippen LogP contribution >= 0.6 is 0 Å². The van der Waals surface area contributed by atoms with Crippen molar-refractivity contribution < 1.29 is 4.79 Å². The van der Waals surface area contributed by atoms with Crippen LogP contribution in [0.5, 0.6) is 0 Å². The summed E-state index contributed by atoms with van der Waals surface area (Å²) in [5.41, 5.74) is 6.29. The molecule has 1 N–H and O–H groups in total. The number of hydrogen-bond donors (Lipinski definition) is 1. The van der Waals surface area contributed by atoms with E-state index in [1.54, 1.807) is 0 Å². The van der Waals surface area contributed by atoms with Gasteiger partial charge < -0.3 is 9.88 Å². The highest BCUT2D eigenvalue weighted by Crippen LogP contribution is 2.28. The van der Waals surface area contributed by atoms with Crippen LogP contribution in [0.15, 0.2) is 54.6 Å². The molecule has 5 heteroatoms. The first-order chi connectivity index (χ1) is 15.7. The van der Waals surface area contributed by atoms with Crippen LogP contribution in [0.2, 0.25) is 0 Å². The highest BCUT2D eigenvalue weighted by Gasteiger charge is 2.26. The zero-order valence-corrected chi connectivity index (χ0v) is 18.9. The average Bonchev–Trinajstić information content (AvgIpc) is 3.18. The Bertz CT molecular complexity index is 1110. The first-order valence-corrected chi connectivity index (χ1v) is 11.7. The Morgan fingerprint density at radius 1 is 1.00 bits per heavy atom. The average molecular weight is 429 g/mol. The number of benzene rings is 2. The second-order valence-corrected chi connectivity index (χ2v) is 9.09. The zero-order valence-electron chi connectivity index (χ0n) is 18.9. The number of amides is 1. The molecule has 5 rings (SSSR count). The van der Waals surface area contributed by atoms with E-state index in [0.29, 0.717) is 6.54 Å². The number of nitrogens with one attached hydrogen (secondary N) is 1. The standard InChI is InChI=1S/C27H32N4O/c1-21-9-10-25-23(18-21)24-19-31(13-11-26(24)28-25)27(32)20-30-16-14-29(15-17-30)12-5-8-22-6-3-2-4-7-22/h2-10,18,28H,11-17,19-20H2,1H3/b8-5+. The Kier molecular flexibility index (Phi) is 6.10. The lowest BCUT2D eigenvalue weighted by atomic mass is 10.0. The van der Waals surface area contributed by atoms with E-state index in [4.69, 9.17) is 0 Å². The molecule has 0 aliphatic carbocycles. The number of aryl methyl sites for hydroxylation is 1. The fourth-order valence-electron chi connectivity index (χ4n) is 4.86. The lowest BCUT2D eigenvalue weighted by Crippen LogP contribution is -2.50. The van der Waals surface area contributed by atoms with Gasteiger partial charge in [-0.25, -0.2) is 0 Å². The minimum absolute atomic E-state index is 0.259. The third-order valence-corrected chi connectivity index (χ3v) is 6.78. The first-order valence-electron chi connectivity index (χ1n) is 11.7. The van der Waals surface area contributed by atoms with Crippen LogP contribution in [0, 0.1) is 6.92 Å². The molecule has 2 aliphatic rings. The number of rotatable bonds is 5. The summed E-state index contributed by atoms with van der Waals surface area (Å²) < 4.78 is 0. The SMILES string of the molecule is Cc1ccc2[nH]c3c(c2c1)CN(C(=O)CN1CCN(C/C=C/c2ccccc2)CC1)CC3. The lowest BCUT2D eigenvalue weighted by molar-refractivity contribution is -0.133. The van der Waals surface area contributed by atoms with Crippen LogP contribution in [0.4, 0.5) is 0 Å². The Morgan fingerprint density at radius 2 is 1.78 bits per heavy atom. The van der Waals surface area contributed by atoms with E-state index < -0.39 is 0 Å². The van der Waals surface area contributed by atoms with Crippen molar-refractivity contribution in [1.82, 2.24) is 19.7 Å². The van der Waals surface area contributed by atoms with Crippen LogP contribution in [-0.2, 0) is 17.8 Å². The molecule has 0 unspecified atom stereocenters. The third kappa shape index (κ3) is 4.64. The molecule has 1 saturated heterocycles. The number of carbonyl (C=O) groups excluding carboxylic acids is 1. The molecule has 0 bridgehead atoms. The van der Waals surface area contributed by atoms with Crippen molar-refractivity contribution in [2.24, 2.45) is 0 Å². The Labute approximate surface area is 190 Å². The largest absolute Gasteiger partial charge is 0.358 e. The van der Waals surface area contributed by atoms with Gasteiger partial charge >= 0.3 is 0 Å².